The number of carbonyl (C=O) groups excluding carboxylic acids is 1. The number of amides is 1. The van der Waals surface area contributed by atoms with E-state index in [1.807, 2.05) is 6.92 Å². The third-order valence-electron chi connectivity index (χ3n) is 2.96. The van der Waals surface area contributed by atoms with Crippen LogP contribution in [0.4, 0.5) is 0 Å². The Labute approximate surface area is 91.5 Å². The molecule has 0 saturated heterocycles. The van der Waals surface area contributed by atoms with E-state index >= 15 is 0 Å². The summed E-state index contributed by atoms with van der Waals surface area (Å²) in [4.78, 5) is 11.5. The maximum absolute atomic E-state index is 11.5. The van der Waals surface area contributed by atoms with Crippen molar-refractivity contribution in [3.8, 4) is 0 Å². The lowest BCUT2D eigenvalue weighted by atomic mass is 9.75. The van der Waals surface area contributed by atoms with Crippen LogP contribution in [-0.4, -0.2) is 31.7 Å². The minimum Gasteiger partial charge on any atom is -0.384 e. The van der Waals surface area contributed by atoms with Crippen LogP contribution < -0.4 is 11.1 Å². The van der Waals surface area contributed by atoms with E-state index in [0.29, 0.717) is 25.5 Å². The van der Waals surface area contributed by atoms with Crippen molar-refractivity contribution >= 4 is 5.91 Å². The number of methoxy groups -OCH3 is 1. The first kappa shape index (κ1) is 12.5. The predicted molar refractivity (Wildman–Crippen MR) is 59.4 cm³/mol. The highest BCUT2D eigenvalue weighted by molar-refractivity contribution is 5.77. The first-order valence-electron chi connectivity index (χ1n) is 5.60. The Morgan fingerprint density at radius 2 is 2.27 bits per heavy atom. The Kier molecular flexibility index (Phi) is 4.54. The zero-order valence-electron chi connectivity index (χ0n) is 9.71. The highest BCUT2D eigenvalue weighted by atomic mass is 16.5. The number of carbonyl (C=O) groups is 1. The highest BCUT2D eigenvalue weighted by Crippen LogP contribution is 2.31. The van der Waals surface area contributed by atoms with Crippen LogP contribution in [0.15, 0.2) is 0 Å². The van der Waals surface area contributed by atoms with Gasteiger partial charge in [-0.25, -0.2) is 0 Å². The monoisotopic (exact) mass is 214 g/mol. The van der Waals surface area contributed by atoms with E-state index in [0.717, 1.165) is 19.3 Å². The topological polar surface area (TPSA) is 64.3 Å². The molecule has 4 nitrogen and oxygen atoms in total. The van der Waals surface area contributed by atoms with Gasteiger partial charge in [-0.3, -0.25) is 4.79 Å². The Morgan fingerprint density at radius 1 is 1.60 bits per heavy atom. The quantitative estimate of drug-likeness (QED) is 0.682. The number of rotatable bonds is 6. The first-order chi connectivity index (χ1) is 7.06. The minimum atomic E-state index is -0.214. The van der Waals surface area contributed by atoms with E-state index in [1.165, 1.54) is 0 Å². The summed E-state index contributed by atoms with van der Waals surface area (Å²) in [5.41, 5.74) is 5.77. The molecule has 0 heterocycles. The van der Waals surface area contributed by atoms with Crippen molar-refractivity contribution in [2.75, 3.05) is 20.3 Å². The number of hydrogen-bond donors (Lipinski definition) is 2. The Morgan fingerprint density at radius 3 is 2.73 bits per heavy atom. The second-order valence-electron chi connectivity index (χ2n) is 4.76. The standard InChI is InChI=1S/C11H22N2O2/c1-9(8-15-2)7-13-10(14)6-11(12)4-3-5-11/h9H,3-8,12H2,1-2H3,(H,13,14). The van der Waals surface area contributed by atoms with Gasteiger partial charge in [0, 0.05) is 25.6 Å². The molecule has 1 aliphatic rings. The Hall–Kier alpha value is -0.610. The second kappa shape index (κ2) is 5.47. The molecule has 1 unspecified atom stereocenters. The van der Waals surface area contributed by atoms with Crippen LogP contribution in [0.2, 0.25) is 0 Å². The van der Waals surface area contributed by atoms with Gasteiger partial charge in [-0.1, -0.05) is 6.92 Å². The molecule has 3 N–H and O–H groups in total. The van der Waals surface area contributed by atoms with Gasteiger partial charge in [0.1, 0.15) is 0 Å². The van der Waals surface area contributed by atoms with Gasteiger partial charge in [0.15, 0.2) is 0 Å². The normalized spacial score (nSPS) is 20.5. The van der Waals surface area contributed by atoms with Crippen molar-refractivity contribution in [1.82, 2.24) is 5.32 Å². The molecule has 4 heteroatoms. The fourth-order valence-electron chi connectivity index (χ4n) is 1.82. The third kappa shape index (κ3) is 4.18. The van der Waals surface area contributed by atoms with Crippen molar-refractivity contribution in [2.45, 2.75) is 38.1 Å². The van der Waals surface area contributed by atoms with Gasteiger partial charge in [0.25, 0.3) is 0 Å². The van der Waals surface area contributed by atoms with Crippen LogP contribution in [0.3, 0.4) is 0 Å². The third-order valence-corrected chi connectivity index (χ3v) is 2.96. The van der Waals surface area contributed by atoms with E-state index in [2.05, 4.69) is 5.32 Å². The van der Waals surface area contributed by atoms with Crippen LogP contribution in [0, 0.1) is 5.92 Å². The zero-order chi connectivity index (χ0) is 11.3. The summed E-state index contributed by atoms with van der Waals surface area (Å²) >= 11 is 0. The molecule has 0 aromatic rings. The summed E-state index contributed by atoms with van der Waals surface area (Å²) in [6, 6.07) is 0. The largest absolute Gasteiger partial charge is 0.384 e. The summed E-state index contributed by atoms with van der Waals surface area (Å²) in [6.07, 6.45) is 3.58. The Bertz CT molecular complexity index is 215. The van der Waals surface area contributed by atoms with Gasteiger partial charge in [-0.2, -0.15) is 0 Å². The molecule has 88 valence electrons. The van der Waals surface area contributed by atoms with Crippen LogP contribution in [0.25, 0.3) is 0 Å². The van der Waals surface area contributed by atoms with Crippen LogP contribution in [0.1, 0.15) is 32.6 Å². The van der Waals surface area contributed by atoms with Crippen molar-refractivity contribution in [3.05, 3.63) is 0 Å². The smallest absolute Gasteiger partial charge is 0.221 e. The lowest BCUT2D eigenvalue weighted by Gasteiger charge is -2.37. The lowest BCUT2D eigenvalue weighted by molar-refractivity contribution is -0.123. The van der Waals surface area contributed by atoms with Crippen LogP contribution in [0.5, 0.6) is 0 Å². The molecule has 15 heavy (non-hydrogen) atoms. The SMILES string of the molecule is COCC(C)CNC(=O)CC1(N)CCC1. The molecule has 1 amide bonds. The molecule has 1 aliphatic carbocycles. The zero-order valence-corrected chi connectivity index (χ0v) is 9.71. The average molecular weight is 214 g/mol. The predicted octanol–water partition coefficient (Wildman–Crippen LogP) is 0.657. The van der Waals surface area contributed by atoms with Crippen LogP contribution in [-0.2, 0) is 9.53 Å². The summed E-state index contributed by atoms with van der Waals surface area (Å²) < 4.78 is 4.99. The van der Waals surface area contributed by atoms with Crippen molar-refractivity contribution < 1.29 is 9.53 Å². The number of nitrogens with two attached hydrogens (primary N) is 1. The molecule has 0 aromatic heterocycles. The summed E-state index contributed by atoms with van der Waals surface area (Å²) in [5, 5.41) is 2.89. The fourth-order valence-corrected chi connectivity index (χ4v) is 1.82. The molecule has 1 atom stereocenters. The Balaban J connectivity index is 2.13. The number of ether oxygens (including phenoxy) is 1. The lowest BCUT2D eigenvalue weighted by Crippen LogP contribution is -2.50. The highest BCUT2D eigenvalue weighted by Gasteiger charge is 2.34. The molecule has 1 fully saturated rings. The van der Waals surface area contributed by atoms with E-state index in [9.17, 15) is 4.79 Å². The molecule has 0 spiro atoms. The van der Waals surface area contributed by atoms with Crippen molar-refractivity contribution in [3.63, 3.8) is 0 Å². The van der Waals surface area contributed by atoms with E-state index < -0.39 is 0 Å². The van der Waals surface area contributed by atoms with Gasteiger partial charge in [0.2, 0.25) is 5.91 Å². The van der Waals surface area contributed by atoms with E-state index in [1.54, 1.807) is 7.11 Å². The number of hydrogen-bond acceptors (Lipinski definition) is 3. The molecule has 0 aliphatic heterocycles. The molecule has 1 rings (SSSR count). The van der Waals surface area contributed by atoms with Gasteiger partial charge in [0.05, 0.1) is 6.61 Å². The summed E-state index contributed by atoms with van der Waals surface area (Å²) in [5.74, 6) is 0.425. The molecular formula is C11H22N2O2. The van der Waals surface area contributed by atoms with Gasteiger partial charge in [-0.05, 0) is 25.2 Å². The van der Waals surface area contributed by atoms with Gasteiger partial charge < -0.3 is 15.8 Å². The first-order valence-corrected chi connectivity index (χ1v) is 5.60. The fraction of sp³-hybridized carbons (Fsp3) is 0.909. The molecule has 0 bridgehead atoms. The van der Waals surface area contributed by atoms with Gasteiger partial charge in [-0.15, -0.1) is 0 Å². The van der Waals surface area contributed by atoms with E-state index in [4.69, 9.17) is 10.5 Å². The molecular weight excluding hydrogens is 192 g/mol. The van der Waals surface area contributed by atoms with Crippen molar-refractivity contribution in [2.24, 2.45) is 11.7 Å². The molecule has 0 aromatic carbocycles. The maximum atomic E-state index is 11.5. The van der Waals surface area contributed by atoms with Gasteiger partial charge >= 0.3 is 0 Å². The maximum Gasteiger partial charge on any atom is 0.221 e. The summed E-state index contributed by atoms with van der Waals surface area (Å²) in [7, 11) is 1.67. The second-order valence-corrected chi connectivity index (χ2v) is 4.76. The molecule has 0 radical (unpaired) electrons. The van der Waals surface area contributed by atoms with Crippen LogP contribution >= 0.6 is 0 Å². The molecule has 1 saturated carbocycles. The minimum absolute atomic E-state index is 0.0696. The van der Waals surface area contributed by atoms with Crippen molar-refractivity contribution in [1.29, 1.82) is 0 Å². The van der Waals surface area contributed by atoms with E-state index in [-0.39, 0.29) is 11.4 Å². The summed E-state index contributed by atoms with van der Waals surface area (Å²) in [6.45, 7) is 3.39. The number of nitrogens with one attached hydrogen (secondary N) is 1. The average Bonchev–Trinajstić information content (AvgIpc) is 2.13.